The Morgan fingerprint density at radius 1 is 1.12 bits per heavy atom. The second kappa shape index (κ2) is 8.59. The van der Waals surface area contributed by atoms with E-state index >= 15 is 0 Å². The summed E-state index contributed by atoms with van der Waals surface area (Å²) in [7, 11) is 2.07. The van der Waals surface area contributed by atoms with Crippen LogP contribution in [0, 0.1) is 6.92 Å². The Hall–Kier alpha value is -3.26. The fraction of sp³-hybridized carbons (Fsp3) is 0.440. The molecular formula is C25H30N6O2. The van der Waals surface area contributed by atoms with Gasteiger partial charge in [-0.15, -0.1) is 0 Å². The van der Waals surface area contributed by atoms with Gasteiger partial charge in [-0.2, -0.15) is 5.10 Å². The third-order valence-corrected chi connectivity index (χ3v) is 6.90. The third kappa shape index (κ3) is 3.78. The smallest absolute Gasteiger partial charge is 0.260 e. The van der Waals surface area contributed by atoms with Crippen molar-refractivity contribution in [2.45, 2.75) is 39.3 Å². The summed E-state index contributed by atoms with van der Waals surface area (Å²) in [5, 5.41) is 5.21. The van der Waals surface area contributed by atoms with E-state index in [0.717, 1.165) is 41.8 Å². The fourth-order valence-electron chi connectivity index (χ4n) is 4.94. The Labute approximate surface area is 193 Å². The van der Waals surface area contributed by atoms with Crippen molar-refractivity contribution in [2.75, 3.05) is 38.1 Å². The summed E-state index contributed by atoms with van der Waals surface area (Å²) >= 11 is 0. The van der Waals surface area contributed by atoms with Crippen LogP contribution in [0.25, 0.3) is 11.0 Å². The molecule has 2 aliphatic heterocycles. The van der Waals surface area contributed by atoms with Crippen LogP contribution in [0.2, 0.25) is 0 Å². The fourth-order valence-corrected chi connectivity index (χ4v) is 4.94. The molecule has 33 heavy (non-hydrogen) atoms. The zero-order valence-corrected chi connectivity index (χ0v) is 19.5. The Kier molecular flexibility index (Phi) is 5.62. The Morgan fingerprint density at radius 2 is 1.88 bits per heavy atom. The number of rotatable bonds is 3. The van der Waals surface area contributed by atoms with Gasteiger partial charge in [0.15, 0.2) is 5.65 Å². The lowest BCUT2D eigenvalue weighted by molar-refractivity contribution is -0.134. The van der Waals surface area contributed by atoms with Crippen LogP contribution < -0.4 is 4.90 Å². The number of aryl methyl sites for hydroxylation is 3. The molecule has 8 nitrogen and oxygen atoms in total. The average Bonchev–Trinajstić information content (AvgIpc) is 3.24. The van der Waals surface area contributed by atoms with Crippen molar-refractivity contribution in [1.29, 1.82) is 0 Å². The summed E-state index contributed by atoms with van der Waals surface area (Å²) < 4.78 is 1.83. The molecular weight excluding hydrogens is 416 g/mol. The number of likely N-dealkylation sites (N-methyl/N-ethyl adjacent to an activating group) is 1. The lowest BCUT2D eigenvalue weighted by Gasteiger charge is -2.41. The van der Waals surface area contributed by atoms with Gasteiger partial charge in [0.05, 0.1) is 17.5 Å². The third-order valence-electron chi connectivity index (χ3n) is 6.90. The zero-order valence-electron chi connectivity index (χ0n) is 19.5. The highest BCUT2D eigenvalue weighted by Gasteiger charge is 2.39. The number of nitrogens with zero attached hydrogens (tertiary/aromatic N) is 6. The minimum absolute atomic E-state index is 0.0384. The molecule has 1 aromatic carbocycles. The summed E-state index contributed by atoms with van der Waals surface area (Å²) in [6, 6.07) is 9.28. The molecule has 1 fully saturated rings. The molecule has 4 heterocycles. The largest absolute Gasteiger partial charge is 0.338 e. The van der Waals surface area contributed by atoms with Gasteiger partial charge in [-0.3, -0.25) is 14.5 Å². The Bertz CT molecular complexity index is 1210. The second-order valence-corrected chi connectivity index (χ2v) is 8.98. The van der Waals surface area contributed by atoms with Crippen LogP contribution in [-0.4, -0.2) is 75.6 Å². The highest BCUT2D eigenvalue weighted by atomic mass is 16.2. The first-order valence-corrected chi connectivity index (χ1v) is 11.7. The summed E-state index contributed by atoms with van der Waals surface area (Å²) in [4.78, 5) is 38.2. The maximum absolute atomic E-state index is 14.0. The number of hydrogen-bond acceptors (Lipinski definition) is 5. The van der Waals surface area contributed by atoms with E-state index in [4.69, 9.17) is 4.98 Å². The molecule has 0 radical (unpaired) electrons. The van der Waals surface area contributed by atoms with Crippen LogP contribution in [0.4, 0.5) is 5.69 Å². The molecule has 8 heteroatoms. The SMILES string of the molecule is CCn1ncc2cc(C(=O)N3c4ccccc4CCC3C(=O)N3CCN(C)CC3)c(C)nc21. The van der Waals surface area contributed by atoms with E-state index in [1.165, 1.54) is 0 Å². The molecule has 0 aliphatic carbocycles. The van der Waals surface area contributed by atoms with Crippen LogP contribution in [0.1, 0.15) is 35.0 Å². The van der Waals surface area contributed by atoms with E-state index in [1.807, 2.05) is 53.8 Å². The summed E-state index contributed by atoms with van der Waals surface area (Å²) in [5.41, 5.74) is 3.86. The number of piperazine rings is 1. The first kappa shape index (κ1) is 21.6. The number of pyridine rings is 1. The maximum atomic E-state index is 14.0. The van der Waals surface area contributed by atoms with Crippen molar-refractivity contribution in [3.05, 3.63) is 53.3 Å². The highest BCUT2D eigenvalue weighted by Crippen LogP contribution is 2.33. The zero-order chi connectivity index (χ0) is 23.1. The number of anilines is 1. The van der Waals surface area contributed by atoms with Gasteiger partial charge in [-0.25, -0.2) is 9.67 Å². The molecule has 0 bridgehead atoms. The second-order valence-electron chi connectivity index (χ2n) is 8.98. The molecule has 5 rings (SSSR count). The first-order valence-electron chi connectivity index (χ1n) is 11.7. The lowest BCUT2D eigenvalue weighted by atomic mass is 9.93. The van der Waals surface area contributed by atoms with Crippen LogP contribution in [-0.2, 0) is 17.8 Å². The van der Waals surface area contributed by atoms with Crippen LogP contribution in [0.3, 0.4) is 0 Å². The number of benzene rings is 1. The lowest BCUT2D eigenvalue weighted by Crippen LogP contribution is -2.57. The molecule has 2 aliphatic rings. The van der Waals surface area contributed by atoms with Gasteiger partial charge in [0.25, 0.3) is 5.91 Å². The van der Waals surface area contributed by atoms with Gasteiger partial charge in [-0.1, -0.05) is 18.2 Å². The van der Waals surface area contributed by atoms with E-state index in [-0.39, 0.29) is 11.8 Å². The molecule has 2 amide bonds. The molecule has 172 valence electrons. The predicted octanol–water partition coefficient (Wildman–Crippen LogP) is 2.50. The number of aromatic nitrogens is 3. The van der Waals surface area contributed by atoms with Gasteiger partial charge in [0.2, 0.25) is 5.91 Å². The van der Waals surface area contributed by atoms with Crippen molar-refractivity contribution < 1.29 is 9.59 Å². The van der Waals surface area contributed by atoms with Crippen molar-refractivity contribution >= 4 is 28.5 Å². The first-order chi connectivity index (χ1) is 16.0. The Balaban J connectivity index is 1.55. The molecule has 1 atom stereocenters. The van der Waals surface area contributed by atoms with Gasteiger partial charge >= 0.3 is 0 Å². The number of amides is 2. The van der Waals surface area contributed by atoms with Gasteiger partial charge < -0.3 is 9.80 Å². The van der Waals surface area contributed by atoms with E-state index < -0.39 is 6.04 Å². The van der Waals surface area contributed by atoms with E-state index in [0.29, 0.717) is 37.3 Å². The molecule has 0 spiro atoms. The molecule has 1 saturated heterocycles. The van der Waals surface area contributed by atoms with E-state index in [1.54, 1.807) is 11.1 Å². The number of carbonyl (C=O) groups excluding carboxylic acids is 2. The van der Waals surface area contributed by atoms with Crippen molar-refractivity contribution in [3.63, 3.8) is 0 Å². The number of hydrogen-bond donors (Lipinski definition) is 0. The molecule has 2 aromatic heterocycles. The van der Waals surface area contributed by atoms with E-state index in [2.05, 4.69) is 17.0 Å². The number of para-hydroxylation sites is 1. The molecule has 3 aromatic rings. The topological polar surface area (TPSA) is 74.6 Å². The van der Waals surface area contributed by atoms with Crippen molar-refractivity contribution in [1.82, 2.24) is 24.6 Å². The van der Waals surface area contributed by atoms with E-state index in [9.17, 15) is 9.59 Å². The minimum atomic E-state index is -0.510. The number of fused-ring (bicyclic) bond motifs is 2. The quantitative estimate of drug-likeness (QED) is 0.618. The summed E-state index contributed by atoms with van der Waals surface area (Å²) in [6.07, 6.45) is 3.15. The predicted molar refractivity (Wildman–Crippen MR) is 127 cm³/mol. The number of carbonyl (C=O) groups is 2. The van der Waals surface area contributed by atoms with Gasteiger partial charge in [-0.05, 0) is 51.4 Å². The monoisotopic (exact) mass is 446 g/mol. The van der Waals surface area contributed by atoms with Crippen molar-refractivity contribution in [3.8, 4) is 0 Å². The van der Waals surface area contributed by atoms with Crippen LogP contribution in [0.5, 0.6) is 0 Å². The normalized spacial score (nSPS) is 19.1. The molecule has 0 saturated carbocycles. The standard InChI is InChI=1S/C25H30N6O2/c1-4-30-23-19(16-26-30)15-20(17(2)27-23)24(32)31-21-8-6-5-7-18(21)9-10-22(31)25(33)29-13-11-28(3)12-14-29/h5-8,15-16,22H,4,9-14H2,1-3H3. The van der Waals surface area contributed by atoms with Crippen LogP contribution >= 0.6 is 0 Å². The average molecular weight is 447 g/mol. The summed E-state index contributed by atoms with van der Waals surface area (Å²) in [5.74, 6) is -0.137. The molecule has 0 N–H and O–H groups in total. The maximum Gasteiger partial charge on any atom is 0.260 e. The molecule has 1 unspecified atom stereocenters. The highest BCUT2D eigenvalue weighted by molar-refractivity contribution is 6.12. The summed E-state index contributed by atoms with van der Waals surface area (Å²) in [6.45, 7) is 7.67. The van der Waals surface area contributed by atoms with Crippen LogP contribution in [0.15, 0.2) is 36.5 Å². The van der Waals surface area contributed by atoms with Crippen molar-refractivity contribution in [2.24, 2.45) is 0 Å². The Morgan fingerprint density at radius 3 is 2.64 bits per heavy atom. The van der Waals surface area contributed by atoms with Gasteiger partial charge in [0, 0.05) is 43.8 Å². The van der Waals surface area contributed by atoms with Gasteiger partial charge in [0.1, 0.15) is 6.04 Å². The minimum Gasteiger partial charge on any atom is -0.338 e.